The zero-order valence-corrected chi connectivity index (χ0v) is 11.1. The van der Waals surface area contributed by atoms with Crippen molar-refractivity contribution < 1.29 is 0 Å². The Hall–Kier alpha value is -2.12. The van der Waals surface area contributed by atoms with Gasteiger partial charge in [0.2, 0.25) is 0 Å². The van der Waals surface area contributed by atoms with Gasteiger partial charge in [0, 0.05) is 15.6 Å². The minimum atomic E-state index is 1.21. The van der Waals surface area contributed by atoms with Gasteiger partial charge >= 0.3 is 0 Å². The van der Waals surface area contributed by atoms with Crippen LogP contribution in [0.2, 0.25) is 0 Å². The average Bonchev–Trinajstić information content (AvgIpc) is 2.91. The molecule has 0 atom stereocenters. The number of hydrogen-bond acceptors (Lipinski definition) is 1. The normalized spacial score (nSPS) is 11.2. The van der Waals surface area contributed by atoms with Crippen LogP contribution in [0, 0.1) is 5.38 Å². The van der Waals surface area contributed by atoms with E-state index in [1.807, 2.05) is 0 Å². The highest BCUT2D eigenvalue weighted by Crippen LogP contribution is 2.34. The van der Waals surface area contributed by atoms with Gasteiger partial charge in [0.05, 0.1) is 5.38 Å². The number of benzene rings is 3. The Morgan fingerprint density at radius 2 is 1.53 bits per heavy atom. The fourth-order valence-electron chi connectivity index (χ4n) is 2.48. The summed E-state index contributed by atoms with van der Waals surface area (Å²) in [6.45, 7) is 0. The van der Waals surface area contributed by atoms with E-state index < -0.39 is 0 Å². The summed E-state index contributed by atoms with van der Waals surface area (Å²) in [6.07, 6.45) is 0. The monoisotopic (exact) mass is 259 g/mol. The van der Waals surface area contributed by atoms with Crippen molar-refractivity contribution in [3.63, 3.8) is 0 Å². The molecule has 0 bridgehead atoms. The highest BCUT2D eigenvalue weighted by molar-refractivity contribution is 7.17. The summed E-state index contributed by atoms with van der Waals surface area (Å²) in [5.41, 5.74) is 2.46. The van der Waals surface area contributed by atoms with E-state index in [9.17, 15) is 0 Å². The van der Waals surface area contributed by atoms with Gasteiger partial charge in [0.1, 0.15) is 0 Å². The summed E-state index contributed by atoms with van der Waals surface area (Å²) >= 11 is 1.69. The molecule has 1 radical (unpaired) electrons. The molecular formula is C18H11S. The maximum absolute atomic E-state index is 3.44. The molecule has 0 fully saturated rings. The van der Waals surface area contributed by atoms with Crippen molar-refractivity contribution in [2.24, 2.45) is 0 Å². The SMILES string of the molecule is [c]1sc2ccccc2c1-c1ccc2ccccc2c1. The molecule has 0 aliphatic carbocycles. The van der Waals surface area contributed by atoms with Crippen LogP contribution < -0.4 is 0 Å². The number of rotatable bonds is 1. The lowest BCUT2D eigenvalue weighted by Crippen LogP contribution is -1.77. The summed E-state index contributed by atoms with van der Waals surface area (Å²) in [6, 6.07) is 23.6. The van der Waals surface area contributed by atoms with Gasteiger partial charge in [-0.1, -0.05) is 54.6 Å². The second-order valence-corrected chi connectivity index (χ2v) is 5.49. The lowest BCUT2D eigenvalue weighted by atomic mass is 10.0. The summed E-state index contributed by atoms with van der Waals surface area (Å²) in [7, 11) is 0. The summed E-state index contributed by atoms with van der Waals surface area (Å²) in [4.78, 5) is 0. The van der Waals surface area contributed by atoms with Crippen LogP contribution >= 0.6 is 11.3 Å². The van der Waals surface area contributed by atoms with Gasteiger partial charge < -0.3 is 0 Å². The van der Waals surface area contributed by atoms with Crippen molar-refractivity contribution in [3.05, 3.63) is 72.1 Å². The van der Waals surface area contributed by atoms with Gasteiger partial charge in [0.15, 0.2) is 0 Å². The standard InChI is InChI=1S/C18H11S/c1-2-6-14-11-15(10-9-13(14)5-1)17-12-19-18-8-4-3-7-16(17)18/h1-11H. The minimum Gasteiger partial charge on any atom is -0.134 e. The third-order valence-corrected chi connectivity index (χ3v) is 4.34. The van der Waals surface area contributed by atoms with Crippen LogP contribution in [-0.4, -0.2) is 0 Å². The lowest BCUT2D eigenvalue weighted by Gasteiger charge is -2.02. The fraction of sp³-hybridized carbons (Fsp3) is 0. The third-order valence-electron chi connectivity index (χ3n) is 3.46. The van der Waals surface area contributed by atoms with Crippen molar-refractivity contribution in [2.75, 3.05) is 0 Å². The van der Waals surface area contributed by atoms with Crippen LogP contribution in [0.1, 0.15) is 0 Å². The highest BCUT2D eigenvalue weighted by atomic mass is 32.1. The van der Waals surface area contributed by atoms with Crippen LogP contribution in [0.15, 0.2) is 66.7 Å². The molecule has 89 valence electrons. The molecule has 0 N–H and O–H groups in total. The Balaban J connectivity index is 1.99. The topological polar surface area (TPSA) is 0 Å². The highest BCUT2D eigenvalue weighted by Gasteiger charge is 2.06. The molecule has 4 rings (SSSR count). The summed E-state index contributed by atoms with van der Waals surface area (Å²) < 4.78 is 1.30. The predicted molar refractivity (Wildman–Crippen MR) is 83.6 cm³/mol. The molecule has 19 heavy (non-hydrogen) atoms. The minimum absolute atomic E-state index is 1.21. The van der Waals surface area contributed by atoms with Crippen molar-refractivity contribution in [1.82, 2.24) is 0 Å². The van der Waals surface area contributed by atoms with E-state index in [1.54, 1.807) is 11.3 Å². The lowest BCUT2D eigenvalue weighted by molar-refractivity contribution is 1.72. The first kappa shape index (κ1) is 10.8. The van der Waals surface area contributed by atoms with Gasteiger partial charge in [-0.3, -0.25) is 0 Å². The quantitative estimate of drug-likeness (QED) is 0.422. The molecule has 4 aromatic rings. The Labute approximate surface area is 115 Å². The van der Waals surface area contributed by atoms with E-state index in [-0.39, 0.29) is 0 Å². The van der Waals surface area contributed by atoms with E-state index >= 15 is 0 Å². The number of fused-ring (bicyclic) bond motifs is 2. The first-order chi connectivity index (χ1) is 9.42. The molecule has 1 heterocycles. The average molecular weight is 259 g/mol. The maximum Gasteiger partial charge on any atom is 0.0540 e. The summed E-state index contributed by atoms with van der Waals surface area (Å²) in [5.74, 6) is 0. The molecule has 0 saturated heterocycles. The van der Waals surface area contributed by atoms with E-state index in [2.05, 4.69) is 72.1 Å². The first-order valence-corrected chi connectivity index (χ1v) is 7.12. The Kier molecular flexibility index (Phi) is 2.39. The Bertz CT molecular complexity index is 871. The van der Waals surface area contributed by atoms with E-state index in [0.29, 0.717) is 0 Å². The molecule has 0 aliphatic rings. The van der Waals surface area contributed by atoms with Crippen LogP contribution in [-0.2, 0) is 0 Å². The molecule has 0 spiro atoms. The summed E-state index contributed by atoms with van der Waals surface area (Å²) in [5, 5.41) is 7.29. The van der Waals surface area contributed by atoms with Crippen molar-refractivity contribution in [1.29, 1.82) is 0 Å². The van der Waals surface area contributed by atoms with Gasteiger partial charge in [-0.2, -0.15) is 0 Å². The zero-order chi connectivity index (χ0) is 12.7. The molecule has 0 aliphatic heterocycles. The zero-order valence-electron chi connectivity index (χ0n) is 10.3. The van der Waals surface area contributed by atoms with Crippen molar-refractivity contribution >= 4 is 32.2 Å². The smallest absolute Gasteiger partial charge is 0.0540 e. The van der Waals surface area contributed by atoms with E-state index in [1.165, 1.54) is 32.0 Å². The molecule has 0 unspecified atom stereocenters. The molecular weight excluding hydrogens is 248 g/mol. The van der Waals surface area contributed by atoms with Crippen LogP contribution in [0.25, 0.3) is 32.0 Å². The largest absolute Gasteiger partial charge is 0.134 e. The van der Waals surface area contributed by atoms with Crippen molar-refractivity contribution in [3.8, 4) is 11.1 Å². The first-order valence-electron chi connectivity index (χ1n) is 6.30. The molecule has 0 saturated carbocycles. The van der Waals surface area contributed by atoms with E-state index in [0.717, 1.165) is 0 Å². The molecule has 0 amide bonds. The Morgan fingerprint density at radius 3 is 2.47 bits per heavy atom. The van der Waals surface area contributed by atoms with Gasteiger partial charge in [0.25, 0.3) is 0 Å². The van der Waals surface area contributed by atoms with Crippen LogP contribution in [0.4, 0.5) is 0 Å². The fourth-order valence-corrected chi connectivity index (χ4v) is 3.35. The molecule has 3 aromatic carbocycles. The Morgan fingerprint density at radius 1 is 0.737 bits per heavy atom. The maximum atomic E-state index is 3.44. The van der Waals surface area contributed by atoms with Crippen LogP contribution in [0.3, 0.4) is 0 Å². The van der Waals surface area contributed by atoms with Gasteiger partial charge in [-0.05, 0) is 28.5 Å². The van der Waals surface area contributed by atoms with Gasteiger partial charge in [-0.15, -0.1) is 11.3 Å². The van der Waals surface area contributed by atoms with Crippen molar-refractivity contribution in [2.45, 2.75) is 0 Å². The molecule has 0 nitrogen and oxygen atoms in total. The van der Waals surface area contributed by atoms with E-state index in [4.69, 9.17) is 0 Å². The third kappa shape index (κ3) is 1.74. The second kappa shape index (κ2) is 4.22. The molecule has 1 heteroatoms. The van der Waals surface area contributed by atoms with Gasteiger partial charge in [-0.25, -0.2) is 0 Å². The predicted octanol–water partition coefficient (Wildman–Crippen LogP) is 5.52. The second-order valence-electron chi connectivity index (χ2n) is 4.64. The number of thiophene rings is 1. The number of hydrogen-bond donors (Lipinski definition) is 0. The molecule has 1 aromatic heterocycles. The van der Waals surface area contributed by atoms with Crippen LogP contribution in [0.5, 0.6) is 0 Å².